The van der Waals surface area contributed by atoms with Gasteiger partial charge in [0.2, 0.25) is 0 Å². The highest BCUT2D eigenvalue weighted by atomic mass is 16.3. The van der Waals surface area contributed by atoms with Crippen LogP contribution in [0, 0.1) is 5.92 Å². The molecule has 1 nitrogen and oxygen atoms in total. The Kier molecular flexibility index (Phi) is 25.0. The molecule has 0 aliphatic rings. The van der Waals surface area contributed by atoms with Gasteiger partial charge in [0.25, 0.3) is 0 Å². The molecule has 0 aromatic carbocycles. The van der Waals surface area contributed by atoms with Gasteiger partial charge in [-0.15, -0.1) is 0 Å². The van der Waals surface area contributed by atoms with E-state index < -0.39 is 0 Å². The highest BCUT2D eigenvalue weighted by molar-refractivity contribution is 4.59. The van der Waals surface area contributed by atoms with Gasteiger partial charge < -0.3 is 5.11 Å². The van der Waals surface area contributed by atoms with Crippen molar-refractivity contribution in [2.75, 3.05) is 6.61 Å². The minimum atomic E-state index is 0.405. The van der Waals surface area contributed by atoms with Gasteiger partial charge in [-0.3, -0.25) is 0 Å². The Bertz CT molecular complexity index is 263. The van der Waals surface area contributed by atoms with E-state index in [0.29, 0.717) is 12.5 Å². The average Bonchev–Trinajstić information content (AvgIpc) is 2.71. The van der Waals surface area contributed by atoms with Crippen molar-refractivity contribution in [1.29, 1.82) is 0 Å². The van der Waals surface area contributed by atoms with Crippen molar-refractivity contribution in [2.24, 2.45) is 5.92 Å². The van der Waals surface area contributed by atoms with E-state index in [0.717, 1.165) is 0 Å². The lowest BCUT2D eigenvalue weighted by molar-refractivity contribution is 0.204. The Morgan fingerprint density at radius 3 is 0.964 bits per heavy atom. The second kappa shape index (κ2) is 25.0. The molecule has 0 saturated heterocycles. The number of unbranched alkanes of at least 4 members (excludes halogenated alkanes) is 19. The Morgan fingerprint density at radius 1 is 0.393 bits per heavy atom. The summed E-state index contributed by atoms with van der Waals surface area (Å²) in [6.45, 7) is 4.96. The van der Waals surface area contributed by atoms with Crippen LogP contribution >= 0.6 is 0 Å². The van der Waals surface area contributed by atoms with E-state index in [1.807, 2.05) is 0 Å². The molecule has 170 valence electrons. The first kappa shape index (κ1) is 28.0. The molecule has 0 radical (unpaired) electrons. The van der Waals surface area contributed by atoms with Crippen molar-refractivity contribution in [1.82, 2.24) is 0 Å². The second-order valence-electron chi connectivity index (χ2n) is 9.34. The van der Waals surface area contributed by atoms with E-state index in [1.54, 1.807) is 0 Å². The Morgan fingerprint density at radius 2 is 0.643 bits per heavy atom. The molecule has 0 spiro atoms. The predicted molar refractivity (Wildman–Crippen MR) is 128 cm³/mol. The molecule has 1 unspecified atom stereocenters. The average molecular weight is 397 g/mol. The fourth-order valence-electron chi connectivity index (χ4n) is 4.34. The third kappa shape index (κ3) is 22.3. The van der Waals surface area contributed by atoms with E-state index in [4.69, 9.17) is 0 Å². The van der Waals surface area contributed by atoms with Gasteiger partial charge in [0.05, 0.1) is 0 Å². The molecule has 1 heteroatoms. The van der Waals surface area contributed by atoms with E-state index in [2.05, 4.69) is 13.8 Å². The molecule has 0 heterocycles. The number of hydrogen-bond donors (Lipinski definition) is 1. The molecule has 0 bridgehead atoms. The lowest BCUT2D eigenvalue weighted by atomic mass is 9.95. The van der Waals surface area contributed by atoms with Gasteiger partial charge in [-0.2, -0.15) is 0 Å². The summed E-state index contributed by atoms with van der Waals surface area (Å²) >= 11 is 0. The maximum atomic E-state index is 9.47. The van der Waals surface area contributed by atoms with Crippen LogP contribution in [0.15, 0.2) is 0 Å². The molecule has 0 fully saturated rings. The number of rotatable bonds is 24. The monoisotopic (exact) mass is 396 g/mol. The summed E-state index contributed by atoms with van der Waals surface area (Å²) in [6.07, 6.45) is 32.3. The van der Waals surface area contributed by atoms with Gasteiger partial charge in [-0.1, -0.05) is 149 Å². The molecular formula is C27H56O. The Hall–Kier alpha value is -0.0400. The van der Waals surface area contributed by atoms with Crippen LogP contribution in [0.5, 0.6) is 0 Å². The van der Waals surface area contributed by atoms with Crippen LogP contribution in [-0.2, 0) is 0 Å². The first-order valence-corrected chi connectivity index (χ1v) is 13.5. The second-order valence-corrected chi connectivity index (χ2v) is 9.34. The molecule has 0 aromatic rings. The molecule has 0 aliphatic carbocycles. The zero-order valence-electron chi connectivity index (χ0n) is 20.0. The van der Waals surface area contributed by atoms with Crippen LogP contribution in [0.25, 0.3) is 0 Å². The maximum Gasteiger partial charge on any atom is 0.0459 e. The van der Waals surface area contributed by atoms with Crippen molar-refractivity contribution < 1.29 is 5.11 Å². The number of hydrogen-bond acceptors (Lipinski definition) is 1. The van der Waals surface area contributed by atoms with Gasteiger partial charge in [-0.25, -0.2) is 0 Å². The van der Waals surface area contributed by atoms with E-state index >= 15 is 0 Å². The standard InChI is InChI=1S/C27H56O/c1-3-5-7-8-9-10-11-12-13-14-15-16-17-18-19-20-21-23-25-27(26-28)24-22-6-4-2/h27-28H,3-26H2,1-2H3. The topological polar surface area (TPSA) is 20.2 Å². The molecule has 0 amide bonds. The summed E-state index contributed by atoms with van der Waals surface area (Å²) in [6, 6.07) is 0. The third-order valence-corrected chi connectivity index (χ3v) is 6.44. The van der Waals surface area contributed by atoms with Gasteiger partial charge in [0, 0.05) is 6.61 Å². The summed E-state index contributed by atoms with van der Waals surface area (Å²) in [4.78, 5) is 0. The number of aliphatic hydroxyl groups excluding tert-OH is 1. The van der Waals surface area contributed by atoms with Crippen molar-refractivity contribution >= 4 is 0 Å². The first-order chi connectivity index (χ1) is 13.8. The highest BCUT2D eigenvalue weighted by Crippen LogP contribution is 2.18. The minimum absolute atomic E-state index is 0.405. The quantitative estimate of drug-likeness (QED) is 0.161. The number of aliphatic hydroxyl groups is 1. The molecule has 1 N–H and O–H groups in total. The molecular weight excluding hydrogens is 340 g/mol. The van der Waals surface area contributed by atoms with Crippen LogP contribution in [0.4, 0.5) is 0 Å². The summed E-state index contributed by atoms with van der Waals surface area (Å²) in [5.41, 5.74) is 0. The SMILES string of the molecule is CCCCCCCCCCCCCCCCCCCCC(CO)CCCCC. The first-order valence-electron chi connectivity index (χ1n) is 13.5. The summed E-state index contributed by atoms with van der Waals surface area (Å²) in [7, 11) is 0. The van der Waals surface area contributed by atoms with Crippen LogP contribution < -0.4 is 0 Å². The van der Waals surface area contributed by atoms with Crippen molar-refractivity contribution in [3.05, 3.63) is 0 Å². The van der Waals surface area contributed by atoms with Gasteiger partial charge in [0.15, 0.2) is 0 Å². The van der Waals surface area contributed by atoms with E-state index in [9.17, 15) is 5.11 Å². The van der Waals surface area contributed by atoms with Crippen LogP contribution in [0.1, 0.15) is 162 Å². The lowest BCUT2D eigenvalue weighted by Crippen LogP contribution is -2.05. The van der Waals surface area contributed by atoms with Crippen molar-refractivity contribution in [3.63, 3.8) is 0 Å². The molecule has 0 aliphatic heterocycles. The van der Waals surface area contributed by atoms with Crippen LogP contribution in [-0.4, -0.2) is 11.7 Å². The molecule has 0 aromatic heterocycles. The van der Waals surface area contributed by atoms with Gasteiger partial charge in [-0.05, 0) is 18.8 Å². The molecule has 28 heavy (non-hydrogen) atoms. The molecule has 1 atom stereocenters. The zero-order chi connectivity index (χ0) is 20.5. The minimum Gasteiger partial charge on any atom is -0.396 e. The van der Waals surface area contributed by atoms with Crippen LogP contribution in [0.3, 0.4) is 0 Å². The summed E-state index contributed by atoms with van der Waals surface area (Å²) in [5.74, 6) is 0.576. The fraction of sp³-hybridized carbons (Fsp3) is 1.00. The van der Waals surface area contributed by atoms with E-state index in [1.165, 1.54) is 148 Å². The molecule has 0 rings (SSSR count). The molecule has 0 saturated carbocycles. The van der Waals surface area contributed by atoms with Crippen LogP contribution in [0.2, 0.25) is 0 Å². The fourth-order valence-corrected chi connectivity index (χ4v) is 4.34. The summed E-state index contributed by atoms with van der Waals surface area (Å²) in [5, 5.41) is 9.47. The van der Waals surface area contributed by atoms with Gasteiger partial charge >= 0.3 is 0 Å². The normalized spacial score (nSPS) is 12.5. The zero-order valence-corrected chi connectivity index (χ0v) is 20.0. The highest BCUT2D eigenvalue weighted by Gasteiger charge is 2.06. The van der Waals surface area contributed by atoms with Crippen molar-refractivity contribution in [3.8, 4) is 0 Å². The summed E-state index contributed by atoms with van der Waals surface area (Å²) < 4.78 is 0. The van der Waals surface area contributed by atoms with E-state index in [-0.39, 0.29) is 0 Å². The maximum absolute atomic E-state index is 9.47. The Balaban J connectivity index is 3.13. The Labute approximate surface area is 179 Å². The predicted octanol–water partition coefficient (Wildman–Crippen LogP) is 9.61. The smallest absolute Gasteiger partial charge is 0.0459 e. The van der Waals surface area contributed by atoms with Crippen molar-refractivity contribution in [2.45, 2.75) is 162 Å². The largest absolute Gasteiger partial charge is 0.396 e. The van der Waals surface area contributed by atoms with Gasteiger partial charge in [0.1, 0.15) is 0 Å². The third-order valence-electron chi connectivity index (χ3n) is 6.44. The lowest BCUT2D eigenvalue weighted by Gasteiger charge is -2.13.